The summed E-state index contributed by atoms with van der Waals surface area (Å²) < 4.78 is 6.11. The van der Waals surface area contributed by atoms with E-state index in [0.717, 1.165) is 27.0 Å². The molecule has 2 aromatic carbocycles. The van der Waals surface area contributed by atoms with Crippen molar-refractivity contribution in [3.8, 4) is 5.75 Å². The molecule has 22 heavy (non-hydrogen) atoms. The Balaban J connectivity index is 1.94. The second-order valence-corrected chi connectivity index (χ2v) is 6.19. The van der Waals surface area contributed by atoms with Crippen LogP contribution in [-0.2, 0) is 11.2 Å². The molecule has 1 N–H and O–H groups in total. The van der Waals surface area contributed by atoms with E-state index in [0.29, 0.717) is 12.8 Å². The van der Waals surface area contributed by atoms with Gasteiger partial charge in [0.05, 0.1) is 11.6 Å². The molecule has 0 aromatic heterocycles. The Kier molecular flexibility index (Phi) is 5.61. The highest BCUT2D eigenvalue weighted by molar-refractivity contribution is 9.10. The number of halogens is 1. The lowest BCUT2D eigenvalue weighted by atomic mass is 10.1. The molecule has 0 unspecified atom stereocenters. The van der Waals surface area contributed by atoms with Crippen LogP contribution < -0.4 is 10.1 Å². The molecule has 4 heteroatoms. The van der Waals surface area contributed by atoms with Gasteiger partial charge in [0, 0.05) is 12.1 Å². The summed E-state index contributed by atoms with van der Waals surface area (Å²) in [5, 5.41) is 2.97. The van der Waals surface area contributed by atoms with E-state index >= 15 is 0 Å². The van der Waals surface area contributed by atoms with Crippen LogP contribution in [0.3, 0.4) is 0 Å². The zero-order chi connectivity index (χ0) is 16.1. The zero-order valence-corrected chi connectivity index (χ0v) is 14.7. The number of carbonyl (C=O) groups is 1. The molecule has 0 fully saturated rings. The Morgan fingerprint density at radius 2 is 1.95 bits per heavy atom. The van der Waals surface area contributed by atoms with Crippen molar-refractivity contribution in [2.24, 2.45) is 0 Å². The Morgan fingerprint density at radius 1 is 1.18 bits per heavy atom. The monoisotopic (exact) mass is 361 g/mol. The fraction of sp³-hybridized carbons (Fsp3) is 0.278. The third-order valence-corrected chi connectivity index (χ3v) is 4.13. The van der Waals surface area contributed by atoms with Crippen molar-refractivity contribution in [2.45, 2.75) is 26.7 Å². The van der Waals surface area contributed by atoms with Gasteiger partial charge in [0.1, 0.15) is 5.75 Å². The van der Waals surface area contributed by atoms with Crippen LogP contribution in [0, 0.1) is 13.8 Å². The van der Waals surface area contributed by atoms with Crippen LogP contribution in [0.15, 0.2) is 40.9 Å². The second kappa shape index (κ2) is 7.45. The van der Waals surface area contributed by atoms with Crippen LogP contribution in [0.2, 0.25) is 0 Å². The summed E-state index contributed by atoms with van der Waals surface area (Å²) in [6.07, 6.45) is 1.14. The number of rotatable bonds is 5. The number of amides is 1. The van der Waals surface area contributed by atoms with Crippen LogP contribution in [-0.4, -0.2) is 13.0 Å². The van der Waals surface area contributed by atoms with Crippen LogP contribution >= 0.6 is 15.9 Å². The number of hydrogen-bond acceptors (Lipinski definition) is 2. The lowest BCUT2D eigenvalue weighted by Gasteiger charge is -2.10. The molecule has 1 amide bonds. The van der Waals surface area contributed by atoms with Gasteiger partial charge in [-0.25, -0.2) is 0 Å². The molecule has 0 heterocycles. The van der Waals surface area contributed by atoms with E-state index in [2.05, 4.69) is 27.3 Å². The Bertz CT molecular complexity index is 683. The molecule has 2 aromatic rings. The highest BCUT2D eigenvalue weighted by atomic mass is 79.9. The van der Waals surface area contributed by atoms with Gasteiger partial charge in [-0.3, -0.25) is 4.79 Å². The number of carbonyl (C=O) groups excluding carboxylic acids is 1. The van der Waals surface area contributed by atoms with Crippen molar-refractivity contribution < 1.29 is 9.53 Å². The summed E-state index contributed by atoms with van der Waals surface area (Å²) >= 11 is 3.46. The summed E-state index contributed by atoms with van der Waals surface area (Å²) in [6, 6.07) is 11.9. The minimum Gasteiger partial charge on any atom is -0.496 e. The maximum atomic E-state index is 12.1. The maximum absolute atomic E-state index is 12.1. The van der Waals surface area contributed by atoms with E-state index in [-0.39, 0.29) is 5.91 Å². The molecular weight excluding hydrogens is 342 g/mol. The molecule has 0 saturated carbocycles. The largest absolute Gasteiger partial charge is 0.496 e. The molecule has 0 aliphatic rings. The van der Waals surface area contributed by atoms with Gasteiger partial charge in [-0.1, -0.05) is 23.8 Å². The van der Waals surface area contributed by atoms with E-state index in [1.54, 1.807) is 7.11 Å². The molecular formula is C18H20BrNO2. The molecule has 0 spiro atoms. The minimum atomic E-state index is 0.0268. The van der Waals surface area contributed by atoms with Gasteiger partial charge in [-0.2, -0.15) is 0 Å². The summed E-state index contributed by atoms with van der Waals surface area (Å²) in [7, 11) is 1.64. The average molecular weight is 362 g/mol. The number of ether oxygens (including phenoxy) is 1. The lowest BCUT2D eigenvalue weighted by Crippen LogP contribution is -2.13. The van der Waals surface area contributed by atoms with E-state index in [9.17, 15) is 4.79 Å². The van der Waals surface area contributed by atoms with Crippen LogP contribution in [0.5, 0.6) is 5.75 Å². The van der Waals surface area contributed by atoms with Crippen molar-refractivity contribution in [3.63, 3.8) is 0 Å². The summed E-state index contributed by atoms with van der Waals surface area (Å²) in [4.78, 5) is 12.1. The van der Waals surface area contributed by atoms with E-state index in [1.807, 2.05) is 44.2 Å². The molecule has 116 valence electrons. The van der Waals surface area contributed by atoms with Crippen molar-refractivity contribution in [1.29, 1.82) is 0 Å². The van der Waals surface area contributed by atoms with Crippen LogP contribution in [0.25, 0.3) is 0 Å². The topological polar surface area (TPSA) is 38.3 Å². The van der Waals surface area contributed by atoms with Gasteiger partial charge in [0.2, 0.25) is 5.91 Å². The summed E-state index contributed by atoms with van der Waals surface area (Å²) in [6.45, 7) is 4.04. The van der Waals surface area contributed by atoms with Crippen molar-refractivity contribution in [3.05, 3.63) is 57.6 Å². The number of benzene rings is 2. The third-order valence-electron chi connectivity index (χ3n) is 3.51. The fourth-order valence-corrected chi connectivity index (χ4v) is 2.88. The minimum absolute atomic E-state index is 0.0268. The predicted molar refractivity (Wildman–Crippen MR) is 93.6 cm³/mol. The van der Waals surface area contributed by atoms with Crippen LogP contribution in [0.1, 0.15) is 23.1 Å². The smallest absolute Gasteiger partial charge is 0.224 e. The number of aryl methyl sites for hydroxylation is 3. The van der Waals surface area contributed by atoms with Gasteiger partial charge in [-0.15, -0.1) is 0 Å². The average Bonchev–Trinajstić information content (AvgIpc) is 2.48. The first-order valence-electron chi connectivity index (χ1n) is 7.19. The molecule has 0 aliphatic carbocycles. The second-order valence-electron chi connectivity index (χ2n) is 5.34. The van der Waals surface area contributed by atoms with Crippen molar-refractivity contribution in [1.82, 2.24) is 0 Å². The molecule has 0 saturated heterocycles. The first-order valence-corrected chi connectivity index (χ1v) is 7.98. The normalized spacial score (nSPS) is 10.4. The van der Waals surface area contributed by atoms with Gasteiger partial charge in [0.15, 0.2) is 0 Å². The summed E-state index contributed by atoms with van der Waals surface area (Å²) in [5.74, 6) is 0.822. The maximum Gasteiger partial charge on any atom is 0.224 e. The van der Waals surface area contributed by atoms with Gasteiger partial charge < -0.3 is 10.1 Å². The SMILES string of the molecule is COc1ccc(CCC(=O)Nc2ccc(C)cc2C)cc1Br. The van der Waals surface area contributed by atoms with Crippen molar-refractivity contribution >= 4 is 27.5 Å². The number of hydrogen-bond donors (Lipinski definition) is 1. The molecule has 3 nitrogen and oxygen atoms in total. The quantitative estimate of drug-likeness (QED) is 0.841. The van der Waals surface area contributed by atoms with E-state index in [4.69, 9.17) is 4.74 Å². The first-order chi connectivity index (χ1) is 10.5. The Hall–Kier alpha value is -1.81. The number of anilines is 1. The number of nitrogens with one attached hydrogen (secondary N) is 1. The van der Waals surface area contributed by atoms with Gasteiger partial charge >= 0.3 is 0 Å². The summed E-state index contributed by atoms with van der Waals surface area (Å²) in [5.41, 5.74) is 4.26. The Morgan fingerprint density at radius 3 is 2.59 bits per heavy atom. The molecule has 0 atom stereocenters. The molecule has 2 rings (SSSR count). The highest BCUT2D eigenvalue weighted by Gasteiger charge is 2.07. The molecule has 0 aliphatic heterocycles. The molecule has 0 bridgehead atoms. The van der Waals surface area contributed by atoms with E-state index < -0.39 is 0 Å². The zero-order valence-electron chi connectivity index (χ0n) is 13.1. The van der Waals surface area contributed by atoms with Crippen molar-refractivity contribution in [2.75, 3.05) is 12.4 Å². The third kappa shape index (κ3) is 4.34. The predicted octanol–water partition coefficient (Wildman–Crippen LogP) is 4.65. The standard InChI is InChI=1S/C18H20BrNO2/c1-12-4-7-16(13(2)10-12)20-18(21)9-6-14-5-8-17(22-3)15(19)11-14/h4-5,7-8,10-11H,6,9H2,1-3H3,(H,20,21). The lowest BCUT2D eigenvalue weighted by molar-refractivity contribution is -0.116. The first kappa shape index (κ1) is 16.6. The van der Waals surface area contributed by atoms with Gasteiger partial charge in [-0.05, 0) is 65.5 Å². The number of methoxy groups -OCH3 is 1. The van der Waals surface area contributed by atoms with E-state index in [1.165, 1.54) is 5.56 Å². The highest BCUT2D eigenvalue weighted by Crippen LogP contribution is 2.26. The van der Waals surface area contributed by atoms with Gasteiger partial charge in [0.25, 0.3) is 0 Å². The van der Waals surface area contributed by atoms with Crippen LogP contribution in [0.4, 0.5) is 5.69 Å². The molecule has 0 radical (unpaired) electrons. The Labute approximate surface area is 139 Å². The fourth-order valence-electron chi connectivity index (χ4n) is 2.29.